The molecule has 0 bridgehead atoms. The van der Waals surface area contributed by atoms with Gasteiger partial charge >= 0.3 is 12.0 Å². The summed E-state index contributed by atoms with van der Waals surface area (Å²) in [5, 5.41) is 14.3. The Morgan fingerprint density at radius 2 is 1.59 bits per heavy atom. The van der Waals surface area contributed by atoms with Gasteiger partial charge in [-0.2, -0.15) is 0 Å². The molecule has 5 heteroatoms. The first-order valence-corrected chi connectivity index (χ1v) is 6.32. The van der Waals surface area contributed by atoms with E-state index >= 15 is 0 Å². The first-order chi connectivity index (χ1) is 8.03. The number of nitrogens with one attached hydrogen (secondary N) is 2. The molecule has 0 rings (SSSR count). The SMILES string of the molecule is CCCC(CC(=O)O)NC(=O)NC(CC)CC. The maximum absolute atomic E-state index is 11.6. The molecule has 0 aliphatic heterocycles. The minimum atomic E-state index is -0.883. The van der Waals surface area contributed by atoms with E-state index in [1.54, 1.807) is 0 Å². The van der Waals surface area contributed by atoms with Crippen LogP contribution in [0, 0.1) is 0 Å². The van der Waals surface area contributed by atoms with Crippen LogP contribution >= 0.6 is 0 Å². The summed E-state index contributed by atoms with van der Waals surface area (Å²) in [6.45, 7) is 5.99. The summed E-state index contributed by atoms with van der Waals surface area (Å²) in [4.78, 5) is 22.3. The van der Waals surface area contributed by atoms with Crippen molar-refractivity contribution in [3.05, 3.63) is 0 Å². The molecule has 0 aromatic rings. The molecule has 0 saturated heterocycles. The van der Waals surface area contributed by atoms with Crippen LogP contribution in [0.1, 0.15) is 52.9 Å². The normalized spacial score (nSPS) is 12.2. The van der Waals surface area contributed by atoms with Crippen LogP contribution in [-0.2, 0) is 4.79 Å². The smallest absolute Gasteiger partial charge is 0.315 e. The highest BCUT2D eigenvalue weighted by atomic mass is 16.4. The molecule has 0 saturated carbocycles. The predicted octanol–water partition coefficient (Wildman–Crippen LogP) is 2.12. The van der Waals surface area contributed by atoms with Gasteiger partial charge in [-0.05, 0) is 19.3 Å². The van der Waals surface area contributed by atoms with Gasteiger partial charge in [-0.25, -0.2) is 4.79 Å². The summed E-state index contributed by atoms with van der Waals surface area (Å²) in [7, 11) is 0. The van der Waals surface area contributed by atoms with Gasteiger partial charge in [0, 0.05) is 12.1 Å². The first-order valence-electron chi connectivity index (χ1n) is 6.32. The molecular weight excluding hydrogens is 220 g/mol. The predicted molar refractivity (Wildman–Crippen MR) is 67.0 cm³/mol. The molecule has 1 atom stereocenters. The second-order valence-electron chi connectivity index (χ2n) is 4.21. The van der Waals surface area contributed by atoms with E-state index in [2.05, 4.69) is 10.6 Å². The van der Waals surface area contributed by atoms with Gasteiger partial charge in [-0.3, -0.25) is 4.79 Å². The Morgan fingerprint density at radius 3 is 2.00 bits per heavy atom. The van der Waals surface area contributed by atoms with Gasteiger partial charge < -0.3 is 15.7 Å². The van der Waals surface area contributed by atoms with E-state index in [0.29, 0.717) is 6.42 Å². The number of hydrogen-bond donors (Lipinski definition) is 3. The molecule has 100 valence electrons. The number of carbonyl (C=O) groups is 2. The van der Waals surface area contributed by atoms with E-state index in [-0.39, 0.29) is 24.5 Å². The van der Waals surface area contributed by atoms with Gasteiger partial charge in [0.15, 0.2) is 0 Å². The van der Waals surface area contributed by atoms with Crippen LogP contribution in [0.2, 0.25) is 0 Å². The van der Waals surface area contributed by atoms with Crippen molar-refractivity contribution in [2.24, 2.45) is 0 Å². The third-order valence-electron chi connectivity index (χ3n) is 2.71. The first kappa shape index (κ1) is 15.7. The summed E-state index contributed by atoms with van der Waals surface area (Å²) < 4.78 is 0. The fraction of sp³-hybridized carbons (Fsp3) is 0.833. The van der Waals surface area contributed by atoms with E-state index in [9.17, 15) is 9.59 Å². The molecule has 1 unspecified atom stereocenters. The van der Waals surface area contributed by atoms with Gasteiger partial charge in [-0.1, -0.05) is 27.2 Å². The van der Waals surface area contributed by atoms with Crippen LogP contribution in [0.4, 0.5) is 4.79 Å². The van der Waals surface area contributed by atoms with Crippen molar-refractivity contribution in [3.63, 3.8) is 0 Å². The maximum Gasteiger partial charge on any atom is 0.315 e. The quantitative estimate of drug-likeness (QED) is 0.612. The lowest BCUT2D eigenvalue weighted by atomic mass is 10.1. The fourth-order valence-corrected chi connectivity index (χ4v) is 1.69. The number of carboxylic acid groups (broad SMARTS) is 1. The van der Waals surface area contributed by atoms with E-state index in [1.807, 2.05) is 20.8 Å². The third-order valence-corrected chi connectivity index (χ3v) is 2.71. The topological polar surface area (TPSA) is 78.4 Å². The lowest BCUT2D eigenvalue weighted by Crippen LogP contribution is -2.46. The Kier molecular flexibility index (Phi) is 8.19. The number of carboxylic acids is 1. The van der Waals surface area contributed by atoms with Crippen LogP contribution in [0.5, 0.6) is 0 Å². The van der Waals surface area contributed by atoms with E-state index < -0.39 is 5.97 Å². The van der Waals surface area contributed by atoms with Gasteiger partial charge in [-0.15, -0.1) is 0 Å². The standard InChI is InChI=1S/C12H24N2O3/c1-4-7-10(8-11(15)16)14-12(17)13-9(5-2)6-3/h9-10H,4-8H2,1-3H3,(H,15,16)(H2,13,14,17). The molecule has 0 aromatic heterocycles. The summed E-state index contributed by atoms with van der Waals surface area (Å²) in [6.07, 6.45) is 3.26. The van der Waals surface area contributed by atoms with E-state index in [4.69, 9.17) is 5.11 Å². The van der Waals surface area contributed by atoms with Crippen molar-refractivity contribution in [2.45, 2.75) is 65.0 Å². The molecule has 17 heavy (non-hydrogen) atoms. The number of urea groups is 1. The molecule has 0 heterocycles. The van der Waals surface area contributed by atoms with E-state index in [0.717, 1.165) is 19.3 Å². The highest BCUT2D eigenvalue weighted by Crippen LogP contribution is 2.02. The van der Waals surface area contributed by atoms with Crippen LogP contribution in [0.15, 0.2) is 0 Å². The number of rotatable bonds is 8. The molecule has 2 amide bonds. The lowest BCUT2D eigenvalue weighted by Gasteiger charge is -2.20. The van der Waals surface area contributed by atoms with Crippen molar-refractivity contribution in [1.82, 2.24) is 10.6 Å². The molecule has 3 N–H and O–H groups in total. The van der Waals surface area contributed by atoms with E-state index in [1.165, 1.54) is 0 Å². The van der Waals surface area contributed by atoms with Gasteiger partial charge in [0.1, 0.15) is 0 Å². The Balaban J connectivity index is 4.14. The van der Waals surface area contributed by atoms with Crippen molar-refractivity contribution < 1.29 is 14.7 Å². The zero-order chi connectivity index (χ0) is 13.3. The Morgan fingerprint density at radius 1 is 1.06 bits per heavy atom. The lowest BCUT2D eigenvalue weighted by molar-refractivity contribution is -0.137. The van der Waals surface area contributed by atoms with Crippen molar-refractivity contribution in [3.8, 4) is 0 Å². The molecule has 0 aliphatic carbocycles. The van der Waals surface area contributed by atoms with Gasteiger partial charge in [0.25, 0.3) is 0 Å². The highest BCUT2D eigenvalue weighted by molar-refractivity contribution is 5.76. The monoisotopic (exact) mass is 244 g/mol. The Bertz CT molecular complexity index is 240. The number of aliphatic carboxylic acids is 1. The van der Waals surface area contributed by atoms with Crippen LogP contribution in [0.25, 0.3) is 0 Å². The fourth-order valence-electron chi connectivity index (χ4n) is 1.69. The molecule has 0 aromatic carbocycles. The number of amides is 2. The number of carbonyl (C=O) groups excluding carboxylic acids is 1. The molecule has 0 fully saturated rings. The summed E-state index contributed by atoms with van der Waals surface area (Å²) in [5.74, 6) is -0.883. The zero-order valence-electron chi connectivity index (χ0n) is 11.0. The summed E-state index contributed by atoms with van der Waals surface area (Å²) in [5.41, 5.74) is 0. The van der Waals surface area contributed by atoms with Crippen molar-refractivity contribution in [1.29, 1.82) is 0 Å². The molecular formula is C12H24N2O3. The van der Waals surface area contributed by atoms with Crippen molar-refractivity contribution in [2.75, 3.05) is 0 Å². The second-order valence-corrected chi connectivity index (χ2v) is 4.21. The van der Waals surface area contributed by atoms with Crippen LogP contribution in [-0.4, -0.2) is 29.2 Å². The molecule has 0 aliphatic rings. The minimum Gasteiger partial charge on any atom is -0.481 e. The molecule has 5 nitrogen and oxygen atoms in total. The average Bonchev–Trinajstić information content (AvgIpc) is 2.25. The van der Waals surface area contributed by atoms with Gasteiger partial charge in [0.2, 0.25) is 0 Å². The Hall–Kier alpha value is -1.26. The van der Waals surface area contributed by atoms with Gasteiger partial charge in [0.05, 0.1) is 6.42 Å². The summed E-state index contributed by atoms with van der Waals surface area (Å²) >= 11 is 0. The maximum atomic E-state index is 11.6. The minimum absolute atomic E-state index is 0.0236. The largest absolute Gasteiger partial charge is 0.481 e. The molecule has 0 radical (unpaired) electrons. The molecule has 0 spiro atoms. The highest BCUT2D eigenvalue weighted by Gasteiger charge is 2.16. The average molecular weight is 244 g/mol. The number of hydrogen-bond acceptors (Lipinski definition) is 2. The second kappa shape index (κ2) is 8.84. The van der Waals surface area contributed by atoms with Crippen molar-refractivity contribution >= 4 is 12.0 Å². The van der Waals surface area contributed by atoms with Crippen LogP contribution in [0.3, 0.4) is 0 Å². The summed E-state index contributed by atoms with van der Waals surface area (Å²) in [6, 6.07) is -0.396. The Labute approximate surface area is 103 Å². The third kappa shape index (κ3) is 7.60. The zero-order valence-corrected chi connectivity index (χ0v) is 11.0. The van der Waals surface area contributed by atoms with Crippen LogP contribution < -0.4 is 10.6 Å².